The Labute approximate surface area is 215 Å². The van der Waals surface area contributed by atoms with Crippen LogP contribution in [-0.4, -0.2) is 57.6 Å². The van der Waals surface area contributed by atoms with Gasteiger partial charge in [-0.15, -0.1) is 0 Å². The predicted octanol–water partition coefficient (Wildman–Crippen LogP) is 4.23. The lowest BCUT2D eigenvalue weighted by Gasteiger charge is -2.36. The smallest absolute Gasteiger partial charge is 0.337 e. The quantitative estimate of drug-likeness (QED) is 0.466. The summed E-state index contributed by atoms with van der Waals surface area (Å²) in [6.07, 6.45) is 3.65. The summed E-state index contributed by atoms with van der Waals surface area (Å²) in [6, 6.07) is 10.5. The van der Waals surface area contributed by atoms with Gasteiger partial charge < -0.3 is 14.4 Å². The van der Waals surface area contributed by atoms with Crippen LogP contribution in [0.5, 0.6) is 11.5 Å². The SMILES string of the molecule is COC(=O)c1cc(C)c2c(c1)S(=O)(=O)Cc1cc(N3CCN(Cc4cccnc4)CC3)cc(Cl)c1O2. The molecule has 2 aromatic carbocycles. The average Bonchev–Trinajstić information content (AvgIpc) is 2.98. The zero-order chi connectivity index (χ0) is 25.4. The highest BCUT2D eigenvalue weighted by molar-refractivity contribution is 7.90. The van der Waals surface area contributed by atoms with Crippen LogP contribution < -0.4 is 9.64 Å². The number of benzene rings is 2. The normalized spacial score (nSPS) is 16.9. The Hall–Kier alpha value is -3.14. The van der Waals surface area contributed by atoms with Crippen molar-refractivity contribution in [3.63, 3.8) is 0 Å². The molecule has 0 spiro atoms. The fourth-order valence-electron chi connectivity index (χ4n) is 4.68. The molecule has 0 N–H and O–H groups in total. The van der Waals surface area contributed by atoms with Crippen molar-refractivity contribution in [1.29, 1.82) is 0 Å². The minimum atomic E-state index is -3.81. The molecule has 1 saturated heterocycles. The molecule has 5 rings (SSSR count). The van der Waals surface area contributed by atoms with Gasteiger partial charge >= 0.3 is 5.97 Å². The Bertz CT molecular complexity index is 1420. The van der Waals surface area contributed by atoms with Gasteiger partial charge in [0.25, 0.3) is 0 Å². The van der Waals surface area contributed by atoms with Crippen molar-refractivity contribution in [2.45, 2.75) is 24.1 Å². The van der Waals surface area contributed by atoms with Gasteiger partial charge in [0.2, 0.25) is 0 Å². The van der Waals surface area contributed by atoms with E-state index in [1.54, 1.807) is 19.2 Å². The summed E-state index contributed by atoms with van der Waals surface area (Å²) in [5.41, 5.74) is 3.19. The van der Waals surface area contributed by atoms with Crippen molar-refractivity contribution >= 4 is 33.1 Å². The number of piperazine rings is 1. The zero-order valence-corrected chi connectivity index (χ0v) is 21.6. The lowest BCUT2D eigenvalue weighted by molar-refractivity contribution is 0.0600. The summed E-state index contributed by atoms with van der Waals surface area (Å²) >= 11 is 6.65. The Morgan fingerprint density at radius 2 is 1.92 bits per heavy atom. The fraction of sp³-hybridized carbons (Fsp3) is 0.308. The van der Waals surface area contributed by atoms with Gasteiger partial charge in [0.05, 0.1) is 23.4 Å². The van der Waals surface area contributed by atoms with Crippen LogP contribution in [0.1, 0.15) is 27.0 Å². The molecule has 3 heterocycles. The number of aryl methyl sites for hydroxylation is 1. The summed E-state index contributed by atoms with van der Waals surface area (Å²) in [5.74, 6) is -0.388. The number of carbonyl (C=O) groups excluding carboxylic acids is 1. The highest BCUT2D eigenvalue weighted by Gasteiger charge is 2.32. The van der Waals surface area contributed by atoms with E-state index in [0.717, 1.165) is 38.4 Å². The van der Waals surface area contributed by atoms with Crippen LogP contribution in [0.3, 0.4) is 0 Å². The molecule has 2 aliphatic rings. The Kier molecular flexibility index (Phi) is 6.63. The van der Waals surface area contributed by atoms with Crippen LogP contribution in [0.15, 0.2) is 53.7 Å². The third-order valence-electron chi connectivity index (χ3n) is 6.52. The molecule has 36 heavy (non-hydrogen) atoms. The highest BCUT2D eigenvalue weighted by atomic mass is 35.5. The fourth-order valence-corrected chi connectivity index (χ4v) is 6.52. The first-order valence-electron chi connectivity index (χ1n) is 11.6. The first kappa shape index (κ1) is 24.5. The Morgan fingerprint density at radius 3 is 2.61 bits per heavy atom. The maximum atomic E-state index is 13.4. The standard InChI is InChI=1S/C26H26ClN3O5S/c1-17-10-19(26(31)34-2)12-23-24(17)35-25-20(16-36(23,32)33)11-21(13-22(25)27)30-8-6-29(7-9-30)15-18-4-3-5-28-14-18/h3-5,10-14H,6-9,15-16H2,1-2H3. The number of halogens is 1. The van der Waals surface area contributed by atoms with Crippen molar-refractivity contribution in [3.8, 4) is 11.5 Å². The number of carbonyl (C=O) groups is 1. The number of sulfone groups is 1. The van der Waals surface area contributed by atoms with E-state index in [4.69, 9.17) is 21.1 Å². The van der Waals surface area contributed by atoms with Crippen molar-refractivity contribution in [2.75, 3.05) is 38.2 Å². The Morgan fingerprint density at radius 1 is 1.14 bits per heavy atom. The molecular formula is C26H26ClN3O5S. The molecule has 3 aromatic rings. The second-order valence-electron chi connectivity index (χ2n) is 9.01. The van der Waals surface area contributed by atoms with Crippen LogP contribution in [0.4, 0.5) is 5.69 Å². The summed E-state index contributed by atoms with van der Waals surface area (Å²) in [4.78, 5) is 20.8. The number of methoxy groups -OCH3 is 1. The minimum Gasteiger partial charge on any atom is -0.465 e. The molecule has 0 radical (unpaired) electrons. The summed E-state index contributed by atoms with van der Waals surface area (Å²) in [6.45, 7) is 5.82. The summed E-state index contributed by atoms with van der Waals surface area (Å²) in [7, 11) is -2.56. The van der Waals surface area contributed by atoms with Gasteiger partial charge in [-0.25, -0.2) is 13.2 Å². The van der Waals surface area contributed by atoms with Crippen LogP contribution >= 0.6 is 11.6 Å². The number of nitrogens with zero attached hydrogens (tertiary/aromatic N) is 3. The molecule has 0 bridgehead atoms. The van der Waals surface area contributed by atoms with Crippen LogP contribution in [0, 0.1) is 6.92 Å². The minimum absolute atomic E-state index is 0.0410. The molecule has 0 atom stereocenters. The maximum Gasteiger partial charge on any atom is 0.337 e. The van der Waals surface area contributed by atoms with Gasteiger partial charge in [-0.1, -0.05) is 17.7 Å². The molecule has 0 unspecified atom stereocenters. The van der Waals surface area contributed by atoms with Gasteiger partial charge in [0, 0.05) is 56.4 Å². The van der Waals surface area contributed by atoms with E-state index in [2.05, 4.69) is 20.9 Å². The molecule has 0 saturated carbocycles. The maximum absolute atomic E-state index is 13.4. The third kappa shape index (κ3) is 4.78. The van der Waals surface area contributed by atoms with E-state index < -0.39 is 15.8 Å². The number of aromatic nitrogens is 1. The lowest BCUT2D eigenvalue weighted by Crippen LogP contribution is -2.46. The largest absolute Gasteiger partial charge is 0.465 e. The van der Waals surface area contributed by atoms with Gasteiger partial charge in [-0.05, 0) is 48.4 Å². The number of hydrogen-bond acceptors (Lipinski definition) is 8. The second-order valence-corrected chi connectivity index (χ2v) is 11.4. The highest BCUT2D eigenvalue weighted by Crippen LogP contribution is 2.45. The molecule has 1 aromatic heterocycles. The summed E-state index contributed by atoms with van der Waals surface area (Å²) < 4.78 is 37.6. The third-order valence-corrected chi connectivity index (χ3v) is 8.46. The topological polar surface area (TPSA) is 89.0 Å². The predicted molar refractivity (Wildman–Crippen MR) is 137 cm³/mol. The van der Waals surface area contributed by atoms with E-state index in [1.165, 1.54) is 18.7 Å². The number of esters is 1. The van der Waals surface area contributed by atoms with Gasteiger partial charge in [0.1, 0.15) is 16.4 Å². The molecule has 2 aliphatic heterocycles. The molecule has 1 fully saturated rings. The van der Waals surface area contributed by atoms with Gasteiger partial charge in [-0.3, -0.25) is 9.88 Å². The lowest BCUT2D eigenvalue weighted by atomic mass is 10.1. The van der Waals surface area contributed by atoms with E-state index >= 15 is 0 Å². The molecule has 10 heteroatoms. The van der Waals surface area contributed by atoms with Crippen LogP contribution in [-0.2, 0) is 26.9 Å². The van der Waals surface area contributed by atoms with Gasteiger partial charge in [0.15, 0.2) is 9.84 Å². The van der Waals surface area contributed by atoms with Crippen molar-refractivity contribution in [2.24, 2.45) is 0 Å². The molecule has 188 valence electrons. The number of pyridine rings is 1. The van der Waals surface area contributed by atoms with E-state index in [-0.39, 0.29) is 22.0 Å². The zero-order valence-electron chi connectivity index (χ0n) is 20.0. The Balaban J connectivity index is 1.41. The van der Waals surface area contributed by atoms with E-state index in [1.807, 2.05) is 24.4 Å². The number of ether oxygens (including phenoxy) is 2. The molecule has 0 aliphatic carbocycles. The number of fused-ring (bicyclic) bond motifs is 2. The van der Waals surface area contributed by atoms with Crippen LogP contribution in [0.2, 0.25) is 5.02 Å². The average molecular weight is 528 g/mol. The molecule has 8 nitrogen and oxygen atoms in total. The van der Waals surface area contributed by atoms with Crippen LogP contribution in [0.25, 0.3) is 0 Å². The van der Waals surface area contributed by atoms with E-state index in [0.29, 0.717) is 21.9 Å². The van der Waals surface area contributed by atoms with Gasteiger partial charge in [-0.2, -0.15) is 0 Å². The summed E-state index contributed by atoms with van der Waals surface area (Å²) in [5, 5.41) is 0.347. The number of rotatable bonds is 4. The number of hydrogen-bond donors (Lipinski definition) is 0. The first-order chi connectivity index (χ1) is 17.2. The first-order valence-corrected chi connectivity index (χ1v) is 13.6. The van der Waals surface area contributed by atoms with E-state index in [9.17, 15) is 13.2 Å². The molecule has 0 amide bonds. The monoisotopic (exact) mass is 527 g/mol. The van der Waals surface area contributed by atoms with Crippen molar-refractivity contribution in [1.82, 2.24) is 9.88 Å². The van der Waals surface area contributed by atoms with Crippen molar-refractivity contribution in [3.05, 3.63) is 76.1 Å². The van der Waals surface area contributed by atoms with Crippen molar-refractivity contribution < 1.29 is 22.7 Å². The number of anilines is 1. The molecular weight excluding hydrogens is 502 g/mol. The second kappa shape index (κ2) is 9.72.